The van der Waals surface area contributed by atoms with Crippen LogP contribution in [0.25, 0.3) is 10.8 Å². The van der Waals surface area contributed by atoms with E-state index in [1.165, 1.54) is 0 Å². The Morgan fingerprint density at radius 3 is 2.22 bits per heavy atom. The zero-order valence-corrected chi connectivity index (χ0v) is 16.0. The fourth-order valence-corrected chi connectivity index (χ4v) is 3.32. The summed E-state index contributed by atoms with van der Waals surface area (Å²) in [5.74, 6) is -0.847. The fraction of sp³-hybridized carbons (Fsp3) is 0.217. The normalized spacial score (nSPS) is 13.1. The van der Waals surface area contributed by atoms with Gasteiger partial charge in [-0.2, -0.15) is 5.26 Å². The molecular weight excluding hydrogens is 358 g/mol. The Kier molecular flexibility index (Phi) is 5.78. The summed E-state index contributed by atoms with van der Waals surface area (Å²) in [5.41, 5.74) is 1.50. The number of carbonyl (C=O) groups is 1. The minimum absolute atomic E-state index is 0.0228. The van der Waals surface area contributed by atoms with Crippen LogP contribution in [0.3, 0.4) is 0 Å². The SMILES string of the molecule is CC(C)[C@H](C(=O)O[C@@H](C#N)c1ccc2ccccc2c1)c1ccc(Cl)cc1. The predicted octanol–water partition coefficient (Wildman–Crippen LogP) is 6.04. The van der Waals surface area contributed by atoms with Crippen molar-refractivity contribution in [2.75, 3.05) is 0 Å². The summed E-state index contributed by atoms with van der Waals surface area (Å²) in [7, 11) is 0. The van der Waals surface area contributed by atoms with E-state index in [0.717, 1.165) is 16.3 Å². The highest BCUT2D eigenvalue weighted by Crippen LogP contribution is 2.30. The van der Waals surface area contributed by atoms with E-state index in [9.17, 15) is 10.1 Å². The van der Waals surface area contributed by atoms with Crippen molar-refractivity contribution in [1.29, 1.82) is 5.26 Å². The lowest BCUT2D eigenvalue weighted by atomic mass is 9.88. The topological polar surface area (TPSA) is 50.1 Å². The number of nitriles is 1. The summed E-state index contributed by atoms with van der Waals surface area (Å²) in [6.07, 6.45) is -0.948. The molecule has 0 unspecified atom stereocenters. The molecule has 3 nitrogen and oxygen atoms in total. The van der Waals surface area contributed by atoms with Crippen molar-refractivity contribution >= 4 is 28.3 Å². The maximum Gasteiger partial charge on any atom is 0.315 e. The van der Waals surface area contributed by atoms with Gasteiger partial charge in [0, 0.05) is 10.6 Å². The highest BCUT2D eigenvalue weighted by Gasteiger charge is 2.28. The molecule has 3 rings (SSSR count). The van der Waals surface area contributed by atoms with E-state index >= 15 is 0 Å². The molecule has 0 amide bonds. The second-order valence-electron chi connectivity index (χ2n) is 6.83. The maximum absolute atomic E-state index is 12.9. The molecule has 4 heteroatoms. The molecule has 0 aliphatic rings. The molecule has 0 saturated heterocycles. The van der Waals surface area contributed by atoms with Crippen molar-refractivity contribution in [3.05, 3.63) is 82.9 Å². The van der Waals surface area contributed by atoms with Crippen LogP contribution < -0.4 is 0 Å². The Balaban J connectivity index is 1.86. The Labute approximate surface area is 164 Å². The van der Waals surface area contributed by atoms with Crippen LogP contribution in [-0.4, -0.2) is 5.97 Å². The van der Waals surface area contributed by atoms with Crippen LogP contribution in [0.1, 0.15) is 37.0 Å². The Bertz CT molecular complexity index is 989. The molecule has 0 N–H and O–H groups in total. The van der Waals surface area contributed by atoms with Gasteiger partial charge in [-0.25, -0.2) is 0 Å². The van der Waals surface area contributed by atoms with Gasteiger partial charge in [0.05, 0.1) is 5.92 Å². The molecule has 3 aromatic rings. The largest absolute Gasteiger partial charge is 0.441 e. The third-order valence-electron chi connectivity index (χ3n) is 4.58. The van der Waals surface area contributed by atoms with E-state index in [1.54, 1.807) is 12.1 Å². The van der Waals surface area contributed by atoms with Crippen molar-refractivity contribution < 1.29 is 9.53 Å². The molecule has 0 saturated carbocycles. The van der Waals surface area contributed by atoms with Crippen LogP contribution in [0.2, 0.25) is 5.02 Å². The van der Waals surface area contributed by atoms with E-state index in [-0.39, 0.29) is 5.92 Å². The van der Waals surface area contributed by atoms with Crippen molar-refractivity contribution in [1.82, 2.24) is 0 Å². The third kappa shape index (κ3) is 4.30. The number of nitrogens with zero attached hydrogens (tertiary/aromatic N) is 1. The monoisotopic (exact) mass is 377 g/mol. The molecule has 27 heavy (non-hydrogen) atoms. The standard InChI is InChI=1S/C23H20ClNO2/c1-15(2)22(17-9-11-20(24)12-10-17)23(26)27-21(14-25)19-8-7-16-5-3-4-6-18(16)13-19/h3-13,15,21-22H,1-2H3/t21-,22-/m0/s1. The van der Waals surface area contributed by atoms with E-state index in [0.29, 0.717) is 10.6 Å². The lowest BCUT2D eigenvalue weighted by Gasteiger charge is -2.22. The Morgan fingerprint density at radius 1 is 0.963 bits per heavy atom. The summed E-state index contributed by atoms with van der Waals surface area (Å²) in [6.45, 7) is 3.91. The molecule has 2 atom stereocenters. The number of rotatable bonds is 5. The average Bonchev–Trinajstić information content (AvgIpc) is 2.67. The van der Waals surface area contributed by atoms with Crippen molar-refractivity contribution in [2.45, 2.75) is 25.9 Å². The van der Waals surface area contributed by atoms with Gasteiger partial charge in [0.25, 0.3) is 0 Å². The number of hydrogen-bond acceptors (Lipinski definition) is 3. The first-order chi connectivity index (χ1) is 13.0. The second-order valence-corrected chi connectivity index (χ2v) is 7.26. The van der Waals surface area contributed by atoms with Gasteiger partial charge in [-0.1, -0.05) is 74.0 Å². The van der Waals surface area contributed by atoms with Gasteiger partial charge >= 0.3 is 5.97 Å². The van der Waals surface area contributed by atoms with E-state index in [2.05, 4.69) is 6.07 Å². The molecule has 0 aliphatic carbocycles. The fourth-order valence-electron chi connectivity index (χ4n) is 3.19. The smallest absolute Gasteiger partial charge is 0.315 e. The molecule has 0 radical (unpaired) electrons. The van der Waals surface area contributed by atoms with E-state index in [1.807, 2.05) is 68.4 Å². The molecule has 0 fully saturated rings. The number of fused-ring (bicyclic) bond motifs is 1. The minimum Gasteiger partial charge on any atom is -0.441 e. The van der Waals surface area contributed by atoms with E-state index in [4.69, 9.17) is 16.3 Å². The summed E-state index contributed by atoms with van der Waals surface area (Å²) in [4.78, 5) is 12.9. The van der Waals surface area contributed by atoms with Crippen molar-refractivity contribution in [2.24, 2.45) is 5.92 Å². The van der Waals surface area contributed by atoms with Crippen LogP contribution in [0.15, 0.2) is 66.7 Å². The molecule has 0 bridgehead atoms. The van der Waals surface area contributed by atoms with Crippen LogP contribution >= 0.6 is 11.6 Å². The predicted molar refractivity (Wildman–Crippen MR) is 107 cm³/mol. The van der Waals surface area contributed by atoms with Gasteiger partial charge in [0.15, 0.2) is 0 Å². The summed E-state index contributed by atoms with van der Waals surface area (Å²) >= 11 is 5.95. The van der Waals surface area contributed by atoms with Gasteiger partial charge in [-0.05, 0) is 40.5 Å². The molecule has 0 aromatic heterocycles. The zero-order valence-electron chi connectivity index (χ0n) is 15.2. The second kappa shape index (κ2) is 8.24. The summed E-state index contributed by atoms with van der Waals surface area (Å²) < 4.78 is 5.61. The first-order valence-electron chi connectivity index (χ1n) is 8.84. The number of esters is 1. The number of ether oxygens (including phenoxy) is 1. The third-order valence-corrected chi connectivity index (χ3v) is 4.83. The van der Waals surface area contributed by atoms with Gasteiger partial charge in [-0.3, -0.25) is 4.79 Å². The minimum atomic E-state index is -0.948. The maximum atomic E-state index is 12.9. The highest BCUT2D eigenvalue weighted by atomic mass is 35.5. The Morgan fingerprint density at radius 2 is 1.59 bits per heavy atom. The molecule has 0 spiro atoms. The average molecular weight is 378 g/mol. The van der Waals surface area contributed by atoms with Crippen molar-refractivity contribution in [3.63, 3.8) is 0 Å². The molecular formula is C23H20ClNO2. The lowest BCUT2D eigenvalue weighted by molar-refractivity contribution is -0.150. The highest BCUT2D eigenvalue weighted by molar-refractivity contribution is 6.30. The molecule has 136 valence electrons. The quantitative estimate of drug-likeness (QED) is 0.509. The van der Waals surface area contributed by atoms with Crippen LogP contribution in [0.4, 0.5) is 0 Å². The molecule has 0 heterocycles. The zero-order chi connectivity index (χ0) is 19.4. The van der Waals surface area contributed by atoms with Gasteiger partial charge < -0.3 is 4.74 Å². The first-order valence-corrected chi connectivity index (χ1v) is 9.21. The summed E-state index contributed by atoms with van der Waals surface area (Å²) in [6, 6.07) is 22.8. The van der Waals surface area contributed by atoms with Gasteiger partial charge in [0.2, 0.25) is 6.10 Å². The molecule has 3 aromatic carbocycles. The van der Waals surface area contributed by atoms with Crippen LogP contribution in [0.5, 0.6) is 0 Å². The number of halogens is 1. The van der Waals surface area contributed by atoms with Crippen molar-refractivity contribution in [3.8, 4) is 6.07 Å². The van der Waals surface area contributed by atoms with Crippen LogP contribution in [-0.2, 0) is 9.53 Å². The van der Waals surface area contributed by atoms with E-state index < -0.39 is 18.0 Å². The number of benzene rings is 3. The number of carbonyl (C=O) groups excluding carboxylic acids is 1. The van der Waals surface area contributed by atoms with Crippen LogP contribution in [0, 0.1) is 17.2 Å². The Hall–Kier alpha value is -2.83. The first kappa shape index (κ1) is 18.9. The van der Waals surface area contributed by atoms with Gasteiger partial charge in [-0.15, -0.1) is 0 Å². The lowest BCUT2D eigenvalue weighted by Crippen LogP contribution is -2.22. The van der Waals surface area contributed by atoms with Gasteiger partial charge in [0.1, 0.15) is 6.07 Å². The molecule has 0 aliphatic heterocycles. The summed E-state index contributed by atoms with van der Waals surface area (Å²) in [5, 5.41) is 12.3. The number of hydrogen-bond donors (Lipinski definition) is 0.